The highest BCUT2D eigenvalue weighted by Crippen LogP contribution is 2.27. The van der Waals surface area contributed by atoms with Crippen LogP contribution in [0.3, 0.4) is 0 Å². The second-order valence-electron chi connectivity index (χ2n) is 3.43. The van der Waals surface area contributed by atoms with Crippen LogP contribution in [-0.2, 0) is 10.7 Å². The van der Waals surface area contributed by atoms with E-state index < -0.39 is 5.92 Å². The number of halogens is 2. The molecule has 4 heteroatoms. The van der Waals surface area contributed by atoms with Crippen molar-refractivity contribution in [3.8, 4) is 5.75 Å². The second-order valence-corrected chi connectivity index (χ2v) is 3.43. The quantitative estimate of drug-likeness (QED) is 0.720. The molecule has 0 bridgehead atoms. The van der Waals surface area contributed by atoms with Gasteiger partial charge >= 0.3 is 5.92 Å². The van der Waals surface area contributed by atoms with E-state index in [1.807, 2.05) is 13.8 Å². The molecule has 0 unspecified atom stereocenters. The lowest BCUT2D eigenvalue weighted by atomic mass is 10.1. The van der Waals surface area contributed by atoms with Gasteiger partial charge in [-0.3, -0.25) is 4.79 Å². The molecule has 2 nitrogen and oxygen atoms in total. The molecule has 1 rings (SSSR count). The maximum absolute atomic E-state index is 12.9. The summed E-state index contributed by atoms with van der Waals surface area (Å²) in [4.78, 5) is 10.1. The molecule has 0 saturated heterocycles. The van der Waals surface area contributed by atoms with E-state index in [0.717, 1.165) is 0 Å². The van der Waals surface area contributed by atoms with Gasteiger partial charge in [0.1, 0.15) is 5.75 Å². The highest BCUT2D eigenvalue weighted by molar-refractivity contribution is 5.63. The summed E-state index contributed by atoms with van der Waals surface area (Å²) in [7, 11) is 0. The number of rotatable bonds is 4. The maximum Gasteiger partial charge on any atom is 0.327 e. The molecule has 0 heterocycles. The molecule has 1 aromatic carbocycles. The first-order chi connectivity index (χ1) is 6.95. The largest absolute Gasteiger partial charge is 0.491 e. The van der Waals surface area contributed by atoms with Crippen LogP contribution >= 0.6 is 0 Å². The minimum Gasteiger partial charge on any atom is -0.491 e. The van der Waals surface area contributed by atoms with E-state index in [1.54, 1.807) is 0 Å². The Bertz CT molecular complexity index is 331. The van der Waals surface area contributed by atoms with Crippen LogP contribution in [0.15, 0.2) is 24.3 Å². The van der Waals surface area contributed by atoms with E-state index in [2.05, 4.69) is 0 Å². The number of hydrogen-bond donors (Lipinski definition) is 0. The number of aldehydes is 1. The van der Waals surface area contributed by atoms with Gasteiger partial charge in [-0.05, 0) is 38.1 Å². The van der Waals surface area contributed by atoms with Crippen molar-refractivity contribution in [2.24, 2.45) is 0 Å². The van der Waals surface area contributed by atoms with Gasteiger partial charge in [0.05, 0.1) is 6.10 Å². The third kappa shape index (κ3) is 3.01. The lowest BCUT2D eigenvalue weighted by Crippen LogP contribution is -2.14. The summed E-state index contributed by atoms with van der Waals surface area (Å²) in [5.74, 6) is -2.91. The summed E-state index contributed by atoms with van der Waals surface area (Å²) < 4.78 is 31.0. The molecule has 0 radical (unpaired) electrons. The van der Waals surface area contributed by atoms with E-state index in [1.165, 1.54) is 24.3 Å². The highest BCUT2D eigenvalue weighted by Gasteiger charge is 2.30. The van der Waals surface area contributed by atoms with Gasteiger partial charge in [-0.1, -0.05) is 0 Å². The van der Waals surface area contributed by atoms with Crippen LogP contribution in [0.2, 0.25) is 0 Å². The Morgan fingerprint density at radius 2 is 1.80 bits per heavy atom. The average Bonchev–Trinajstić information content (AvgIpc) is 2.18. The molecule has 1 aromatic rings. The number of carbonyl (C=O) groups is 1. The molecule has 0 aliphatic carbocycles. The van der Waals surface area contributed by atoms with Crippen LogP contribution in [0.25, 0.3) is 0 Å². The fourth-order valence-electron chi connectivity index (χ4n) is 1.10. The number of carbonyl (C=O) groups excluding carboxylic acids is 1. The fraction of sp³-hybridized carbons (Fsp3) is 0.364. The summed E-state index contributed by atoms with van der Waals surface area (Å²) in [6, 6.07) is 5.22. The molecule has 0 aliphatic rings. The van der Waals surface area contributed by atoms with Crippen molar-refractivity contribution in [3.05, 3.63) is 29.8 Å². The van der Waals surface area contributed by atoms with Crippen LogP contribution in [0, 0.1) is 0 Å². The zero-order chi connectivity index (χ0) is 11.5. The van der Waals surface area contributed by atoms with Crippen LogP contribution in [0.1, 0.15) is 19.4 Å². The van der Waals surface area contributed by atoms with Gasteiger partial charge in [0.15, 0.2) is 6.29 Å². The first kappa shape index (κ1) is 11.6. The topological polar surface area (TPSA) is 26.3 Å². The van der Waals surface area contributed by atoms with Gasteiger partial charge in [-0.15, -0.1) is 0 Å². The van der Waals surface area contributed by atoms with Crippen molar-refractivity contribution < 1.29 is 18.3 Å². The Kier molecular flexibility index (Phi) is 3.39. The van der Waals surface area contributed by atoms with Gasteiger partial charge < -0.3 is 4.74 Å². The van der Waals surface area contributed by atoms with Gasteiger partial charge in [-0.25, -0.2) is 0 Å². The van der Waals surface area contributed by atoms with Crippen molar-refractivity contribution in [2.75, 3.05) is 0 Å². The Hall–Kier alpha value is -1.45. The molecule has 0 saturated carbocycles. The standard InChI is InChI=1S/C11H12F2O2/c1-8(2)15-10-5-3-9(4-6-10)11(12,13)7-14/h3-8H,1-2H3. The number of benzene rings is 1. The summed E-state index contributed by atoms with van der Waals surface area (Å²) >= 11 is 0. The number of hydrogen-bond acceptors (Lipinski definition) is 2. The number of alkyl halides is 2. The molecule has 15 heavy (non-hydrogen) atoms. The van der Waals surface area contributed by atoms with Crippen molar-refractivity contribution >= 4 is 6.29 Å². The minimum atomic E-state index is -3.42. The third-order valence-corrected chi connectivity index (χ3v) is 1.76. The minimum absolute atomic E-state index is 0.0116. The third-order valence-electron chi connectivity index (χ3n) is 1.76. The predicted octanol–water partition coefficient (Wildman–Crippen LogP) is 2.76. The molecule has 0 spiro atoms. The Labute approximate surface area is 86.9 Å². The Balaban J connectivity index is 2.85. The van der Waals surface area contributed by atoms with E-state index >= 15 is 0 Å². The highest BCUT2D eigenvalue weighted by atomic mass is 19.3. The lowest BCUT2D eigenvalue weighted by Gasteiger charge is -2.12. The van der Waals surface area contributed by atoms with Crippen LogP contribution in [0.4, 0.5) is 8.78 Å². The molecule has 0 atom stereocenters. The average molecular weight is 214 g/mol. The second kappa shape index (κ2) is 4.38. The summed E-state index contributed by atoms with van der Waals surface area (Å²) in [6.07, 6.45) is -0.381. The van der Waals surface area contributed by atoms with E-state index in [9.17, 15) is 13.6 Å². The molecule has 0 aliphatic heterocycles. The molecule has 82 valence electrons. The SMILES string of the molecule is CC(C)Oc1ccc(C(F)(F)C=O)cc1. The van der Waals surface area contributed by atoms with Gasteiger partial charge in [0, 0.05) is 5.56 Å². The number of ether oxygens (including phenoxy) is 1. The van der Waals surface area contributed by atoms with E-state index in [4.69, 9.17) is 4.74 Å². The lowest BCUT2D eigenvalue weighted by molar-refractivity contribution is -0.130. The zero-order valence-corrected chi connectivity index (χ0v) is 8.54. The van der Waals surface area contributed by atoms with E-state index in [-0.39, 0.29) is 18.0 Å². The Morgan fingerprint density at radius 3 is 2.20 bits per heavy atom. The van der Waals surface area contributed by atoms with E-state index in [0.29, 0.717) is 5.75 Å². The van der Waals surface area contributed by atoms with Crippen molar-refractivity contribution in [1.29, 1.82) is 0 Å². The first-order valence-electron chi connectivity index (χ1n) is 4.57. The summed E-state index contributed by atoms with van der Waals surface area (Å²) in [6.45, 7) is 3.68. The predicted molar refractivity (Wildman–Crippen MR) is 52.2 cm³/mol. The van der Waals surface area contributed by atoms with Crippen molar-refractivity contribution in [3.63, 3.8) is 0 Å². The van der Waals surface area contributed by atoms with Gasteiger partial charge in [0.25, 0.3) is 0 Å². The summed E-state index contributed by atoms with van der Waals surface area (Å²) in [5, 5.41) is 0. The Morgan fingerprint density at radius 1 is 1.27 bits per heavy atom. The first-order valence-corrected chi connectivity index (χ1v) is 4.57. The fourth-order valence-corrected chi connectivity index (χ4v) is 1.10. The monoisotopic (exact) mass is 214 g/mol. The van der Waals surface area contributed by atoms with Crippen LogP contribution in [-0.4, -0.2) is 12.4 Å². The molecular weight excluding hydrogens is 202 g/mol. The summed E-state index contributed by atoms with van der Waals surface area (Å²) in [5.41, 5.74) is -0.325. The molecule has 0 fully saturated rings. The molecular formula is C11H12F2O2. The maximum atomic E-state index is 12.9. The molecule has 0 aromatic heterocycles. The molecule has 0 N–H and O–H groups in total. The molecule has 0 amide bonds. The van der Waals surface area contributed by atoms with Gasteiger partial charge in [-0.2, -0.15) is 8.78 Å². The van der Waals surface area contributed by atoms with Crippen LogP contribution in [0.5, 0.6) is 5.75 Å². The van der Waals surface area contributed by atoms with Crippen LogP contribution < -0.4 is 4.74 Å². The zero-order valence-electron chi connectivity index (χ0n) is 8.54. The smallest absolute Gasteiger partial charge is 0.327 e. The van der Waals surface area contributed by atoms with Gasteiger partial charge in [0.2, 0.25) is 0 Å². The normalized spacial score (nSPS) is 11.5. The van der Waals surface area contributed by atoms with Crippen molar-refractivity contribution in [1.82, 2.24) is 0 Å². The van der Waals surface area contributed by atoms with Crippen molar-refractivity contribution in [2.45, 2.75) is 25.9 Å².